The van der Waals surface area contributed by atoms with Crippen molar-refractivity contribution in [3.8, 4) is 0 Å². The van der Waals surface area contributed by atoms with E-state index in [-0.39, 0.29) is 5.41 Å². The first-order valence-electron chi connectivity index (χ1n) is 5.37. The molecule has 17 heavy (non-hydrogen) atoms. The molecule has 1 aromatic carbocycles. The Bertz CT molecular complexity index is 564. The van der Waals surface area contributed by atoms with Gasteiger partial charge < -0.3 is 9.25 Å². The maximum absolute atomic E-state index is 11.5. The molecule has 0 aliphatic carbocycles. The Balaban J connectivity index is 2.65. The van der Waals surface area contributed by atoms with E-state index in [1.165, 1.54) is 0 Å². The molecule has 0 spiro atoms. The van der Waals surface area contributed by atoms with Crippen molar-refractivity contribution in [2.75, 3.05) is 0 Å². The molecule has 0 radical (unpaired) electrons. The smallest absolute Gasteiger partial charge is 0.357 e. The molecule has 0 saturated heterocycles. The molecular formula is C13H15NO3. The minimum absolute atomic E-state index is 0.108. The molecule has 2 aromatic rings. The average Bonchev–Trinajstić information content (AvgIpc) is 2.71. The van der Waals surface area contributed by atoms with Crippen LogP contribution in [-0.2, 0) is 10.3 Å². The van der Waals surface area contributed by atoms with Crippen LogP contribution in [0.25, 0.3) is 11.0 Å². The maximum Gasteiger partial charge on any atom is 0.357 e. The molecule has 4 nitrogen and oxygen atoms in total. The fraction of sp³-hybridized carbons (Fsp3) is 0.308. The Morgan fingerprint density at radius 2 is 2.06 bits per heavy atom. The van der Waals surface area contributed by atoms with Crippen LogP contribution in [0.3, 0.4) is 0 Å². The van der Waals surface area contributed by atoms with Crippen molar-refractivity contribution in [2.45, 2.75) is 26.2 Å². The highest BCUT2D eigenvalue weighted by molar-refractivity contribution is 6.03. The second kappa shape index (κ2) is 3.89. The Kier molecular flexibility index (Phi) is 2.67. The van der Waals surface area contributed by atoms with E-state index < -0.39 is 5.97 Å². The van der Waals surface area contributed by atoms with Gasteiger partial charge in [0.05, 0.1) is 5.56 Å². The van der Waals surface area contributed by atoms with Crippen molar-refractivity contribution in [1.82, 2.24) is 0 Å². The number of nitrogens with two attached hydrogens (primary N) is 1. The average molecular weight is 233 g/mol. The van der Waals surface area contributed by atoms with Crippen LogP contribution in [0.1, 0.15) is 36.9 Å². The molecule has 0 fully saturated rings. The molecule has 2 rings (SSSR count). The van der Waals surface area contributed by atoms with Crippen LogP contribution < -0.4 is 5.90 Å². The standard InChI is InChI=1S/C13H15NO3/c1-13(2,3)11-7-9-8(12(15)17-14)5-4-6-10(9)16-11/h4-7H,14H2,1-3H3. The molecule has 1 aromatic heterocycles. The molecule has 90 valence electrons. The largest absolute Gasteiger partial charge is 0.460 e. The quantitative estimate of drug-likeness (QED) is 0.769. The SMILES string of the molecule is CC(C)(C)c1cc2c(C(=O)ON)cccc2o1. The van der Waals surface area contributed by atoms with Gasteiger partial charge in [-0.15, -0.1) is 0 Å². The van der Waals surface area contributed by atoms with Crippen LogP contribution in [0.4, 0.5) is 0 Å². The molecule has 0 aliphatic heterocycles. The summed E-state index contributed by atoms with van der Waals surface area (Å²) in [5, 5.41) is 0.730. The molecule has 0 atom stereocenters. The summed E-state index contributed by atoms with van der Waals surface area (Å²) >= 11 is 0. The van der Waals surface area contributed by atoms with Crippen molar-refractivity contribution in [3.05, 3.63) is 35.6 Å². The van der Waals surface area contributed by atoms with Crippen molar-refractivity contribution < 1.29 is 14.0 Å². The molecule has 0 aliphatic rings. The van der Waals surface area contributed by atoms with E-state index in [0.29, 0.717) is 11.1 Å². The second-order valence-corrected chi connectivity index (χ2v) is 4.98. The summed E-state index contributed by atoms with van der Waals surface area (Å²) in [6, 6.07) is 7.09. The van der Waals surface area contributed by atoms with Gasteiger partial charge in [-0.1, -0.05) is 26.8 Å². The van der Waals surface area contributed by atoms with Gasteiger partial charge in [0.1, 0.15) is 11.3 Å². The van der Waals surface area contributed by atoms with Crippen LogP contribution in [0.2, 0.25) is 0 Å². The summed E-state index contributed by atoms with van der Waals surface area (Å²) in [5.41, 5.74) is 0.977. The molecule has 2 N–H and O–H groups in total. The molecule has 0 bridgehead atoms. The lowest BCUT2D eigenvalue weighted by molar-refractivity contribution is 0.0506. The minimum Gasteiger partial charge on any atom is -0.460 e. The molecule has 1 heterocycles. The zero-order valence-electron chi connectivity index (χ0n) is 10.1. The molecule has 0 saturated carbocycles. The minimum atomic E-state index is -0.558. The number of fused-ring (bicyclic) bond motifs is 1. The zero-order valence-corrected chi connectivity index (χ0v) is 10.1. The van der Waals surface area contributed by atoms with Gasteiger partial charge in [0.25, 0.3) is 0 Å². The highest BCUT2D eigenvalue weighted by atomic mass is 16.7. The predicted molar refractivity (Wildman–Crippen MR) is 64.5 cm³/mol. The lowest BCUT2D eigenvalue weighted by Gasteiger charge is -2.13. The predicted octanol–water partition coefficient (Wildman–Crippen LogP) is 2.76. The first-order chi connectivity index (χ1) is 7.93. The van der Waals surface area contributed by atoms with Crippen LogP contribution in [0.5, 0.6) is 0 Å². The number of benzene rings is 1. The molecule has 0 unspecified atom stereocenters. The van der Waals surface area contributed by atoms with Crippen LogP contribution in [-0.4, -0.2) is 5.97 Å². The van der Waals surface area contributed by atoms with Gasteiger partial charge in [-0.2, -0.15) is 5.90 Å². The summed E-state index contributed by atoms with van der Waals surface area (Å²) in [7, 11) is 0. The lowest BCUT2D eigenvalue weighted by Crippen LogP contribution is -2.10. The Morgan fingerprint density at radius 3 is 2.65 bits per heavy atom. The highest BCUT2D eigenvalue weighted by Gasteiger charge is 2.21. The Morgan fingerprint density at radius 1 is 1.35 bits per heavy atom. The van der Waals surface area contributed by atoms with Crippen LogP contribution in [0, 0.1) is 0 Å². The fourth-order valence-electron chi connectivity index (χ4n) is 1.67. The van der Waals surface area contributed by atoms with E-state index in [1.807, 2.05) is 32.9 Å². The van der Waals surface area contributed by atoms with Gasteiger partial charge in [0.2, 0.25) is 0 Å². The number of rotatable bonds is 1. The van der Waals surface area contributed by atoms with Gasteiger partial charge >= 0.3 is 5.97 Å². The molecule has 4 heteroatoms. The first-order valence-corrected chi connectivity index (χ1v) is 5.37. The summed E-state index contributed by atoms with van der Waals surface area (Å²) in [6.07, 6.45) is 0. The van der Waals surface area contributed by atoms with Crippen LogP contribution >= 0.6 is 0 Å². The number of carbonyl (C=O) groups is 1. The summed E-state index contributed by atoms with van der Waals surface area (Å²) < 4.78 is 5.72. The lowest BCUT2D eigenvalue weighted by atomic mass is 9.93. The third-order valence-corrected chi connectivity index (χ3v) is 2.63. The van der Waals surface area contributed by atoms with E-state index >= 15 is 0 Å². The second-order valence-electron chi connectivity index (χ2n) is 4.98. The van der Waals surface area contributed by atoms with Gasteiger partial charge in [0.15, 0.2) is 0 Å². The highest BCUT2D eigenvalue weighted by Crippen LogP contribution is 2.30. The Hall–Kier alpha value is -1.81. The zero-order chi connectivity index (χ0) is 12.6. The Labute approximate surface area is 99.3 Å². The van der Waals surface area contributed by atoms with Crippen LogP contribution in [0.15, 0.2) is 28.7 Å². The van der Waals surface area contributed by atoms with E-state index in [1.54, 1.807) is 12.1 Å². The van der Waals surface area contributed by atoms with Gasteiger partial charge in [0, 0.05) is 10.8 Å². The van der Waals surface area contributed by atoms with Crippen molar-refractivity contribution >= 4 is 16.9 Å². The van der Waals surface area contributed by atoms with E-state index in [9.17, 15) is 4.79 Å². The molecular weight excluding hydrogens is 218 g/mol. The number of hydrogen-bond acceptors (Lipinski definition) is 4. The van der Waals surface area contributed by atoms with Crippen molar-refractivity contribution in [2.24, 2.45) is 5.90 Å². The van der Waals surface area contributed by atoms with E-state index in [4.69, 9.17) is 10.3 Å². The van der Waals surface area contributed by atoms with E-state index in [2.05, 4.69) is 4.84 Å². The number of carbonyl (C=O) groups excluding carboxylic acids is 1. The monoisotopic (exact) mass is 233 g/mol. The maximum atomic E-state index is 11.5. The van der Waals surface area contributed by atoms with Gasteiger partial charge in [-0.3, -0.25) is 0 Å². The summed E-state index contributed by atoms with van der Waals surface area (Å²) in [5.74, 6) is 5.17. The van der Waals surface area contributed by atoms with Gasteiger partial charge in [-0.05, 0) is 18.2 Å². The number of furan rings is 1. The summed E-state index contributed by atoms with van der Waals surface area (Å²) in [4.78, 5) is 15.8. The van der Waals surface area contributed by atoms with Crippen molar-refractivity contribution in [1.29, 1.82) is 0 Å². The normalized spacial score (nSPS) is 11.8. The van der Waals surface area contributed by atoms with E-state index in [0.717, 1.165) is 11.1 Å². The fourth-order valence-corrected chi connectivity index (χ4v) is 1.67. The molecule has 0 amide bonds. The van der Waals surface area contributed by atoms with Gasteiger partial charge in [-0.25, -0.2) is 4.79 Å². The number of hydrogen-bond donors (Lipinski definition) is 1. The third-order valence-electron chi connectivity index (χ3n) is 2.63. The first kappa shape index (κ1) is 11.7. The third kappa shape index (κ3) is 2.03. The topological polar surface area (TPSA) is 65.5 Å². The van der Waals surface area contributed by atoms with Crippen molar-refractivity contribution in [3.63, 3.8) is 0 Å². The summed E-state index contributed by atoms with van der Waals surface area (Å²) in [6.45, 7) is 6.14.